The zero-order valence-corrected chi connectivity index (χ0v) is 9.93. The van der Waals surface area contributed by atoms with Crippen LogP contribution in [0, 0.1) is 5.95 Å². The molecule has 1 unspecified atom stereocenters. The minimum absolute atomic E-state index is 0.0620. The summed E-state index contributed by atoms with van der Waals surface area (Å²) in [6.07, 6.45) is 0.915. The molecule has 1 N–H and O–H groups in total. The lowest BCUT2D eigenvalue weighted by Crippen LogP contribution is -2.54. The predicted octanol–water partition coefficient (Wildman–Crippen LogP) is 0.592. The van der Waals surface area contributed by atoms with Crippen LogP contribution in [0.15, 0.2) is 12.4 Å². The van der Waals surface area contributed by atoms with Crippen LogP contribution >= 0.6 is 0 Å². The van der Waals surface area contributed by atoms with Crippen LogP contribution in [-0.2, 0) is 4.74 Å². The van der Waals surface area contributed by atoms with Crippen LogP contribution in [-0.4, -0.2) is 46.5 Å². The summed E-state index contributed by atoms with van der Waals surface area (Å²) in [7, 11) is 0. The number of rotatable bonds is 2. The van der Waals surface area contributed by atoms with Gasteiger partial charge in [0.15, 0.2) is 0 Å². The summed E-state index contributed by atoms with van der Waals surface area (Å²) in [5.41, 5.74) is -0.396. The normalized spacial score (nSPS) is 23.8. The molecule has 0 amide bonds. The van der Waals surface area contributed by atoms with Gasteiger partial charge in [0, 0.05) is 19.2 Å². The maximum atomic E-state index is 13.0. The van der Waals surface area contributed by atoms with E-state index in [-0.39, 0.29) is 12.7 Å². The van der Waals surface area contributed by atoms with Gasteiger partial charge in [-0.05, 0) is 13.8 Å². The van der Waals surface area contributed by atoms with E-state index >= 15 is 0 Å². The van der Waals surface area contributed by atoms with Gasteiger partial charge in [-0.2, -0.15) is 4.39 Å². The first kappa shape index (κ1) is 12.2. The molecule has 1 aromatic rings. The van der Waals surface area contributed by atoms with E-state index in [1.54, 1.807) is 0 Å². The van der Waals surface area contributed by atoms with Gasteiger partial charge in [-0.3, -0.25) is 0 Å². The van der Waals surface area contributed by atoms with Crippen LogP contribution in [0.1, 0.15) is 13.8 Å². The molecule has 2 heterocycles. The SMILES string of the molecule is CC1(C)CN(c2cc(F)ncn2)CC(CO)O1. The highest BCUT2D eigenvalue weighted by Gasteiger charge is 2.33. The van der Waals surface area contributed by atoms with Crippen molar-refractivity contribution in [2.75, 3.05) is 24.6 Å². The smallest absolute Gasteiger partial charge is 0.218 e. The van der Waals surface area contributed by atoms with Crippen molar-refractivity contribution in [1.82, 2.24) is 9.97 Å². The van der Waals surface area contributed by atoms with Crippen molar-refractivity contribution in [3.63, 3.8) is 0 Å². The lowest BCUT2D eigenvalue weighted by atomic mass is 10.1. The Morgan fingerprint density at radius 1 is 1.59 bits per heavy atom. The maximum absolute atomic E-state index is 13.0. The van der Waals surface area contributed by atoms with Crippen molar-refractivity contribution in [3.05, 3.63) is 18.3 Å². The molecule has 94 valence electrons. The van der Waals surface area contributed by atoms with Crippen LogP contribution < -0.4 is 4.90 Å². The molecular formula is C11H16FN3O2. The van der Waals surface area contributed by atoms with E-state index in [1.165, 1.54) is 12.4 Å². The fourth-order valence-electron chi connectivity index (χ4n) is 2.06. The molecular weight excluding hydrogens is 225 g/mol. The van der Waals surface area contributed by atoms with E-state index in [9.17, 15) is 9.50 Å². The average Bonchev–Trinajstić information content (AvgIpc) is 2.27. The minimum atomic E-state index is -0.556. The van der Waals surface area contributed by atoms with Crippen LogP contribution in [0.25, 0.3) is 0 Å². The molecule has 1 aliphatic rings. The van der Waals surface area contributed by atoms with Crippen molar-refractivity contribution in [3.8, 4) is 0 Å². The first-order valence-electron chi connectivity index (χ1n) is 5.51. The second kappa shape index (κ2) is 4.54. The molecule has 1 saturated heterocycles. The highest BCUT2D eigenvalue weighted by molar-refractivity contribution is 5.38. The van der Waals surface area contributed by atoms with Gasteiger partial charge in [0.25, 0.3) is 0 Å². The lowest BCUT2D eigenvalue weighted by Gasteiger charge is -2.42. The second-order valence-corrected chi connectivity index (χ2v) is 4.76. The Kier molecular flexibility index (Phi) is 3.26. The summed E-state index contributed by atoms with van der Waals surface area (Å²) in [5, 5.41) is 9.18. The van der Waals surface area contributed by atoms with E-state index in [4.69, 9.17) is 4.74 Å². The van der Waals surface area contributed by atoms with E-state index in [0.717, 1.165) is 0 Å². The van der Waals surface area contributed by atoms with Crippen molar-refractivity contribution < 1.29 is 14.2 Å². The van der Waals surface area contributed by atoms with Crippen LogP contribution in [0.3, 0.4) is 0 Å². The van der Waals surface area contributed by atoms with Gasteiger partial charge in [0.05, 0.1) is 18.3 Å². The molecule has 0 bridgehead atoms. The Morgan fingerprint density at radius 2 is 2.35 bits per heavy atom. The summed E-state index contributed by atoms with van der Waals surface area (Å²) >= 11 is 0. The molecule has 0 saturated carbocycles. The quantitative estimate of drug-likeness (QED) is 0.768. The number of aliphatic hydroxyl groups excluding tert-OH is 1. The number of aromatic nitrogens is 2. The summed E-state index contributed by atoms with van der Waals surface area (Å²) in [5.74, 6) is -0.0350. The van der Waals surface area contributed by atoms with Gasteiger partial charge in [0.2, 0.25) is 5.95 Å². The lowest BCUT2D eigenvalue weighted by molar-refractivity contribution is -0.101. The molecule has 0 spiro atoms. The third-order valence-electron chi connectivity index (χ3n) is 2.63. The van der Waals surface area contributed by atoms with Crippen molar-refractivity contribution >= 4 is 5.82 Å². The van der Waals surface area contributed by atoms with Crippen molar-refractivity contribution in [2.24, 2.45) is 0 Å². The Labute approximate surface area is 99.3 Å². The molecule has 1 atom stereocenters. The molecule has 1 fully saturated rings. The van der Waals surface area contributed by atoms with Crippen LogP contribution in [0.4, 0.5) is 10.2 Å². The van der Waals surface area contributed by atoms with E-state index < -0.39 is 11.5 Å². The molecule has 0 aromatic carbocycles. The van der Waals surface area contributed by atoms with Crippen molar-refractivity contribution in [2.45, 2.75) is 25.6 Å². The largest absolute Gasteiger partial charge is 0.394 e. The standard InChI is InChI=1S/C11H16FN3O2/c1-11(2)6-15(4-8(5-16)17-11)10-3-9(12)13-7-14-10/h3,7-8,16H,4-6H2,1-2H3. The number of morpholine rings is 1. The first-order valence-corrected chi connectivity index (χ1v) is 5.51. The second-order valence-electron chi connectivity index (χ2n) is 4.76. The maximum Gasteiger partial charge on any atom is 0.218 e. The molecule has 1 aromatic heterocycles. The Hall–Kier alpha value is -1.27. The van der Waals surface area contributed by atoms with Gasteiger partial charge in [-0.25, -0.2) is 9.97 Å². The fourth-order valence-corrected chi connectivity index (χ4v) is 2.06. The molecule has 2 rings (SSSR count). The third-order valence-corrected chi connectivity index (χ3v) is 2.63. The van der Waals surface area contributed by atoms with Gasteiger partial charge < -0.3 is 14.7 Å². The molecule has 0 radical (unpaired) electrons. The van der Waals surface area contributed by atoms with Gasteiger partial charge in [0.1, 0.15) is 12.1 Å². The van der Waals surface area contributed by atoms with Gasteiger partial charge >= 0.3 is 0 Å². The zero-order chi connectivity index (χ0) is 12.5. The topological polar surface area (TPSA) is 58.5 Å². The third kappa shape index (κ3) is 2.89. The predicted molar refractivity (Wildman–Crippen MR) is 60.2 cm³/mol. The highest BCUT2D eigenvalue weighted by atomic mass is 19.1. The zero-order valence-electron chi connectivity index (χ0n) is 9.93. The number of nitrogens with zero attached hydrogens (tertiary/aromatic N) is 3. The Morgan fingerprint density at radius 3 is 3.00 bits per heavy atom. The summed E-state index contributed by atoms with van der Waals surface area (Å²) < 4.78 is 18.7. The Bertz CT molecular complexity index is 400. The summed E-state index contributed by atoms with van der Waals surface area (Å²) in [6, 6.07) is 1.29. The number of hydrogen-bond acceptors (Lipinski definition) is 5. The molecule has 6 heteroatoms. The molecule has 1 aliphatic heterocycles. The summed E-state index contributed by atoms with van der Waals surface area (Å²) in [4.78, 5) is 9.36. The van der Waals surface area contributed by atoms with Gasteiger partial charge in [-0.1, -0.05) is 0 Å². The molecule has 5 nitrogen and oxygen atoms in total. The fraction of sp³-hybridized carbons (Fsp3) is 0.636. The molecule has 0 aliphatic carbocycles. The van der Waals surface area contributed by atoms with E-state index in [0.29, 0.717) is 18.9 Å². The number of hydrogen-bond donors (Lipinski definition) is 1. The molecule has 17 heavy (non-hydrogen) atoms. The highest BCUT2D eigenvalue weighted by Crippen LogP contribution is 2.24. The summed E-state index contributed by atoms with van der Waals surface area (Å²) in [6.45, 7) is 4.89. The number of aliphatic hydroxyl groups is 1. The van der Waals surface area contributed by atoms with Crippen molar-refractivity contribution in [1.29, 1.82) is 0 Å². The van der Waals surface area contributed by atoms with Crippen LogP contribution in [0.2, 0.25) is 0 Å². The van der Waals surface area contributed by atoms with E-state index in [1.807, 2.05) is 18.7 Å². The van der Waals surface area contributed by atoms with E-state index in [2.05, 4.69) is 9.97 Å². The number of ether oxygens (including phenoxy) is 1. The van der Waals surface area contributed by atoms with Crippen LogP contribution in [0.5, 0.6) is 0 Å². The number of halogens is 1. The van der Waals surface area contributed by atoms with Gasteiger partial charge in [-0.15, -0.1) is 0 Å². The Balaban J connectivity index is 2.20. The number of anilines is 1. The monoisotopic (exact) mass is 241 g/mol. The first-order chi connectivity index (χ1) is 8.00. The minimum Gasteiger partial charge on any atom is -0.394 e. The average molecular weight is 241 g/mol.